The minimum atomic E-state index is -3.53. The number of ether oxygens (including phenoxy) is 3. The molecule has 4 rings (SSSR count). The van der Waals surface area contributed by atoms with Crippen molar-refractivity contribution in [2.75, 3.05) is 32.1 Å². The molecule has 196 valence electrons. The highest BCUT2D eigenvalue weighted by molar-refractivity contribution is 7.89. The highest BCUT2D eigenvalue weighted by atomic mass is 32.2. The van der Waals surface area contributed by atoms with Gasteiger partial charge in [-0.05, 0) is 62.6 Å². The first kappa shape index (κ1) is 26.5. The van der Waals surface area contributed by atoms with E-state index in [1.807, 2.05) is 19.9 Å². The molecule has 1 aromatic carbocycles. The smallest absolute Gasteiger partial charge is 0.257 e. The van der Waals surface area contributed by atoms with Gasteiger partial charge in [0.05, 0.1) is 17.1 Å². The molecule has 0 spiro atoms. The molecule has 0 saturated carbocycles. The third-order valence-electron chi connectivity index (χ3n) is 5.67. The van der Waals surface area contributed by atoms with E-state index in [1.54, 1.807) is 31.5 Å². The fourth-order valence-electron chi connectivity index (χ4n) is 3.81. The van der Waals surface area contributed by atoms with Gasteiger partial charge in [-0.25, -0.2) is 13.4 Å². The molecule has 1 atom stereocenters. The monoisotopic (exact) mass is 526 g/mol. The lowest BCUT2D eigenvalue weighted by atomic mass is 10.2. The standard InChI is InChI=1S/C26H30N4O6S/c1-18-6-11-23(27-16-18)28-26(31)20-14-24(35-19(2)17-34-3)29-25(15-20)36-21-7-9-22(10-8-21)37(32,33)30-12-4-5-13-30/h6-11,14-16,19H,4-5,12-13,17H2,1-3H3,(H,27,28,31)/t19-/m1/s1. The molecule has 3 heterocycles. The molecule has 1 N–H and O–H groups in total. The quantitative estimate of drug-likeness (QED) is 0.421. The fraction of sp³-hybridized carbons (Fsp3) is 0.346. The molecule has 0 aliphatic carbocycles. The van der Waals surface area contributed by atoms with Gasteiger partial charge in [0.25, 0.3) is 5.91 Å². The molecule has 37 heavy (non-hydrogen) atoms. The van der Waals surface area contributed by atoms with Crippen LogP contribution in [0, 0.1) is 6.92 Å². The number of aryl methyl sites for hydroxylation is 1. The Morgan fingerprint density at radius 3 is 2.43 bits per heavy atom. The molecule has 3 aromatic rings. The molecule has 11 heteroatoms. The van der Waals surface area contributed by atoms with E-state index < -0.39 is 15.9 Å². The third kappa shape index (κ3) is 6.82. The highest BCUT2D eigenvalue weighted by Gasteiger charge is 2.27. The van der Waals surface area contributed by atoms with Crippen LogP contribution < -0.4 is 14.8 Å². The van der Waals surface area contributed by atoms with Gasteiger partial charge in [-0.15, -0.1) is 0 Å². The van der Waals surface area contributed by atoms with Crippen LogP contribution in [-0.4, -0.2) is 61.5 Å². The average Bonchev–Trinajstić information content (AvgIpc) is 3.42. The van der Waals surface area contributed by atoms with Gasteiger partial charge < -0.3 is 19.5 Å². The Kier molecular flexibility index (Phi) is 8.37. The normalized spacial score (nSPS) is 14.8. The first-order chi connectivity index (χ1) is 17.7. The summed E-state index contributed by atoms with van der Waals surface area (Å²) in [6, 6.07) is 12.7. The Morgan fingerprint density at radius 1 is 1.08 bits per heavy atom. The van der Waals surface area contributed by atoms with Crippen LogP contribution in [0.1, 0.15) is 35.7 Å². The summed E-state index contributed by atoms with van der Waals surface area (Å²) in [5.74, 6) is 0.637. The van der Waals surface area contributed by atoms with E-state index in [-0.39, 0.29) is 28.3 Å². The zero-order valence-electron chi connectivity index (χ0n) is 21.0. The number of nitrogens with zero attached hydrogens (tertiary/aromatic N) is 3. The lowest BCUT2D eigenvalue weighted by Crippen LogP contribution is -2.27. The number of anilines is 1. The van der Waals surface area contributed by atoms with Crippen molar-refractivity contribution in [3.63, 3.8) is 0 Å². The number of nitrogens with one attached hydrogen (secondary N) is 1. The van der Waals surface area contributed by atoms with E-state index in [0.717, 1.165) is 18.4 Å². The predicted molar refractivity (Wildman–Crippen MR) is 138 cm³/mol. The summed E-state index contributed by atoms with van der Waals surface area (Å²) < 4.78 is 43.9. The number of hydrogen-bond acceptors (Lipinski definition) is 8. The second-order valence-corrected chi connectivity index (χ2v) is 10.7. The van der Waals surface area contributed by atoms with Gasteiger partial charge in [-0.3, -0.25) is 4.79 Å². The molecule has 0 bridgehead atoms. The summed E-state index contributed by atoms with van der Waals surface area (Å²) in [7, 11) is -1.97. The molecule has 0 unspecified atom stereocenters. The van der Waals surface area contributed by atoms with E-state index in [4.69, 9.17) is 14.2 Å². The number of carbonyl (C=O) groups is 1. The van der Waals surface area contributed by atoms with Crippen molar-refractivity contribution in [1.29, 1.82) is 0 Å². The third-order valence-corrected chi connectivity index (χ3v) is 7.58. The predicted octanol–water partition coefficient (Wildman–Crippen LogP) is 4.03. The molecular formula is C26H30N4O6S. The number of sulfonamides is 1. The number of benzene rings is 1. The summed E-state index contributed by atoms with van der Waals surface area (Å²) in [6.07, 6.45) is 3.07. The van der Waals surface area contributed by atoms with Crippen LogP contribution in [0.25, 0.3) is 0 Å². The van der Waals surface area contributed by atoms with Crippen molar-refractivity contribution in [2.45, 2.75) is 37.7 Å². The Labute approximate surface area is 216 Å². The Balaban J connectivity index is 1.56. The van der Waals surface area contributed by atoms with Crippen molar-refractivity contribution in [2.24, 2.45) is 0 Å². The van der Waals surface area contributed by atoms with E-state index in [1.165, 1.54) is 28.6 Å². The average molecular weight is 527 g/mol. The summed E-state index contributed by atoms with van der Waals surface area (Å²) >= 11 is 0. The topological polar surface area (TPSA) is 120 Å². The minimum absolute atomic E-state index is 0.110. The summed E-state index contributed by atoms with van der Waals surface area (Å²) in [5, 5.41) is 2.75. The van der Waals surface area contributed by atoms with Gasteiger partial charge in [-0.2, -0.15) is 9.29 Å². The molecule has 1 saturated heterocycles. The van der Waals surface area contributed by atoms with Gasteiger partial charge in [0.15, 0.2) is 0 Å². The molecule has 1 fully saturated rings. The van der Waals surface area contributed by atoms with Crippen LogP contribution in [0.15, 0.2) is 59.6 Å². The minimum Gasteiger partial charge on any atom is -0.472 e. The maximum absolute atomic E-state index is 13.0. The van der Waals surface area contributed by atoms with Crippen molar-refractivity contribution < 1.29 is 27.4 Å². The molecule has 1 amide bonds. The summed E-state index contributed by atoms with van der Waals surface area (Å²) in [6.45, 7) is 5.11. The maximum atomic E-state index is 13.0. The van der Waals surface area contributed by atoms with Crippen LogP contribution in [0.3, 0.4) is 0 Å². The summed E-state index contributed by atoms with van der Waals surface area (Å²) in [4.78, 5) is 21.7. The molecule has 1 aliphatic heterocycles. The van der Waals surface area contributed by atoms with E-state index >= 15 is 0 Å². The van der Waals surface area contributed by atoms with Crippen LogP contribution in [0.2, 0.25) is 0 Å². The van der Waals surface area contributed by atoms with Crippen molar-refractivity contribution in [3.8, 4) is 17.5 Å². The molecule has 1 aliphatic rings. The Morgan fingerprint density at radius 2 is 1.78 bits per heavy atom. The first-order valence-corrected chi connectivity index (χ1v) is 13.4. The SMILES string of the molecule is COC[C@@H](C)Oc1cc(C(=O)Nc2ccc(C)cn2)cc(Oc2ccc(S(=O)(=O)N3CCCC3)cc2)n1. The lowest BCUT2D eigenvalue weighted by Gasteiger charge is -2.16. The van der Waals surface area contributed by atoms with Gasteiger partial charge in [0.1, 0.15) is 17.7 Å². The maximum Gasteiger partial charge on any atom is 0.257 e. The molecular weight excluding hydrogens is 496 g/mol. The molecule has 10 nitrogen and oxygen atoms in total. The zero-order chi connectivity index (χ0) is 26.4. The van der Waals surface area contributed by atoms with Crippen LogP contribution in [-0.2, 0) is 14.8 Å². The van der Waals surface area contributed by atoms with E-state index in [2.05, 4.69) is 15.3 Å². The van der Waals surface area contributed by atoms with E-state index in [0.29, 0.717) is 31.3 Å². The first-order valence-electron chi connectivity index (χ1n) is 11.9. The highest BCUT2D eigenvalue weighted by Crippen LogP contribution is 2.27. The Bertz CT molecular complexity index is 1320. The number of hydrogen-bond donors (Lipinski definition) is 1. The van der Waals surface area contributed by atoms with Crippen LogP contribution >= 0.6 is 0 Å². The van der Waals surface area contributed by atoms with Gasteiger partial charge in [0.2, 0.25) is 21.8 Å². The number of pyridine rings is 2. The van der Waals surface area contributed by atoms with E-state index in [9.17, 15) is 13.2 Å². The number of carbonyl (C=O) groups excluding carboxylic acids is 1. The van der Waals surface area contributed by atoms with Gasteiger partial charge in [-0.1, -0.05) is 6.07 Å². The second kappa shape index (κ2) is 11.7. The molecule has 0 radical (unpaired) electrons. The fourth-order valence-corrected chi connectivity index (χ4v) is 5.32. The number of amides is 1. The van der Waals surface area contributed by atoms with Crippen molar-refractivity contribution in [1.82, 2.24) is 14.3 Å². The Hall–Kier alpha value is -3.54. The summed E-state index contributed by atoms with van der Waals surface area (Å²) in [5.41, 5.74) is 1.22. The number of methoxy groups -OCH3 is 1. The second-order valence-electron chi connectivity index (χ2n) is 8.78. The van der Waals surface area contributed by atoms with Crippen molar-refractivity contribution >= 4 is 21.7 Å². The largest absolute Gasteiger partial charge is 0.472 e. The van der Waals surface area contributed by atoms with Crippen LogP contribution in [0.4, 0.5) is 5.82 Å². The zero-order valence-corrected chi connectivity index (χ0v) is 21.8. The van der Waals surface area contributed by atoms with Crippen molar-refractivity contribution in [3.05, 3.63) is 65.9 Å². The van der Waals surface area contributed by atoms with Gasteiger partial charge in [0, 0.05) is 38.5 Å². The number of rotatable bonds is 10. The van der Waals surface area contributed by atoms with Crippen LogP contribution in [0.5, 0.6) is 17.5 Å². The lowest BCUT2D eigenvalue weighted by molar-refractivity contribution is 0.0882. The molecule has 2 aromatic heterocycles. The number of aromatic nitrogens is 2. The van der Waals surface area contributed by atoms with Gasteiger partial charge >= 0.3 is 0 Å².